The molecule has 0 saturated carbocycles. The zero-order chi connectivity index (χ0) is 15.6. The number of benzene rings is 1. The number of rotatable bonds is 3. The Morgan fingerprint density at radius 2 is 2.05 bits per heavy atom. The second-order valence-electron chi connectivity index (χ2n) is 4.25. The number of amides is 2. The summed E-state index contributed by atoms with van der Waals surface area (Å²) in [6, 6.07) is 5.16. The normalized spacial score (nSPS) is 16.1. The molecule has 0 radical (unpaired) electrons. The fourth-order valence-corrected chi connectivity index (χ4v) is 2.29. The third-order valence-electron chi connectivity index (χ3n) is 2.94. The summed E-state index contributed by atoms with van der Waals surface area (Å²) in [5.74, 6) is 0.391. The molecular formula is C14H14N2O4S. The van der Waals surface area contributed by atoms with Crippen molar-refractivity contribution in [2.24, 2.45) is 0 Å². The van der Waals surface area contributed by atoms with Gasteiger partial charge in [-0.15, -0.1) is 0 Å². The number of methoxy groups -OCH3 is 2. The fraction of sp³-hybridized carbons (Fsp3) is 0.214. The maximum Gasteiger partial charge on any atom is 0.274 e. The van der Waals surface area contributed by atoms with Gasteiger partial charge in [0.25, 0.3) is 5.91 Å². The minimum Gasteiger partial charge on any atom is -0.497 e. The molecule has 0 atom stereocenters. The summed E-state index contributed by atoms with van der Waals surface area (Å²) in [6.45, 7) is 1.34. The molecular weight excluding hydrogens is 292 g/mol. The van der Waals surface area contributed by atoms with E-state index in [1.54, 1.807) is 18.2 Å². The van der Waals surface area contributed by atoms with Crippen molar-refractivity contribution in [1.82, 2.24) is 10.2 Å². The van der Waals surface area contributed by atoms with Crippen LogP contribution in [0.25, 0.3) is 6.08 Å². The van der Waals surface area contributed by atoms with Crippen LogP contribution in [0.1, 0.15) is 12.5 Å². The molecule has 1 aliphatic rings. The molecule has 1 fully saturated rings. The maximum atomic E-state index is 11.9. The van der Waals surface area contributed by atoms with Gasteiger partial charge < -0.3 is 9.47 Å². The van der Waals surface area contributed by atoms with Crippen LogP contribution in [0.15, 0.2) is 23.9 Å². The van der Waals surface area contributed by atoms with Crippen LogP contribution in [0, 0.1) is 0 Å². The van der Waals surface area contributed by atoms with Crippen molar-refractivity contribution >= 4 is 35.2 Å². The van der Waals surface area contributed by atoms with Crippen molar-refractivity contribution in [2.45, 2.75) is 6.92 Å². The number of carbonyl (C=O) groups excluding carboxylic acids is 2. The Balaban J connectivity index is 2.53. The van der Waals surface area contributed by atoms with Crippen molar-refractivity contribution in [3.8, 4) is 11.5 Å². The minimum absolute atomic E-state index is 0.0700. The van der Waals surface area contributed by atoms with Gasteiger partial charge in [0, 0.05) is 12.5 Å². The van der Waals surface area contributed by atoms with E-state index < -0.39 is 5.91 Å². The summed E-state index contributed by atoms with van der Waals surface area (Å²) in [5, 5.41) is 2.51. The summed E-state index contributed by atoms with van der Waals surface area (Å²) in [6.07, 6.45) is 1.54. The molecule has 110 valence electrons. The molecule has 21 heavy (non-hydrogen) atoms. The Bertz CT molecular complexity index is 654. The zero-order valence-electron chi connectivity index (χ0n) is 11.8. The van der Waals surface area contributed by atoms with Gasteiger partial charge in [-0.05, 0) is 36.5 Å². The molecule has 0 aliphatic carbocycles. The quantitative estimate of drug-likeness (QED) is 0.673. The van der Waals surface area contributed by atoms with E-state index in [1.807, 2.05) is 0 Å². The highest BCUT2D eigenvalue weighted by atomic mass is 32.1. The van der Waals surface area contributed by atoms with Gasteiger partial charge in [0.2, 0.25) is 5.91 Å². The molecule has 0 bridgehead atoms. The zero-order valence-corrected chi connectivity index (χ0v) is 12.6. The van der Waals surface area contributed by atoms with Crippen molar-refractivity contribution in [3.05, 3.63) is 29.5 Å². The van der Waals surface area contributed by atoms with Gasteiger partial charge in [0.05, 0.1) is 14.2 Å². The number of nitrogens with zero attached hydrogens (tertiary/aromatic N) is 1. The Hall–Kier alpha value is -2.41. The molecule has 1 aliphatic heterocycles. The van der Waals surface area contributed by atoms with Gasteiger partial charge in [0.15, 0.2) is 5.11 Å². The number of hydrogen-bond donors (Lipinski definition) is 1. The van der Waals surface area contributed by atoms with Crippen molar-refractivity contribution in [3.63, 3.8) is 0 Å². The predicted octanol–water partition coefficient (Wildman–Crippen LogP) is 1.31. The Morgan fingerprint density at radius 3 is 2.62 bits per heavy atom. The number of ether oxygens (including phenoxy) is 2. The molecule has 0 unspecified atom stereocenters. The smallest absolute Gasteiger partial charge is 0.274 e. The topological polar surface area (TPSA) is 67.9 Å². The van der Waals surface area contributed by atoms with Crippen molar-refractivity contribution in [2.75, 3.05) is 14.2 Å². The maximum absolute atomic E-state index is 11.9. The summed E-state index contributed by atoms with van der Waals surface area (Å²) >= 11 is 4.97. The average Bonchev–Trinajstić information content (AvgIpc) is 2.73. The monoisotopic (exact) mass is 306 g/mol. The Labute approximate surface area is 127 Å². The first-order valence-electron chi connectivity index (χ1n) is 6.07. The lowest BCUT2D eigenvalue weighted by Crippen LogP contribution is -2.31. The summed E-state index contributed by atoms with van der Waals surface area (Å²) in [5.41, 5.74) is 0.761. The molecule has 7 heteroatoms. The van der Waals surface area contributed by atoms with E-state index in [-0.39, 0.29) is 16.7 Å². The molecule has 2 rings (SSSR count). The molecule has 1 heterocycles. The van der Waals surface area contributed by atoms with Gasteiger partial charge in [-0.1, -0.05) is 0 Å². The molecule has 0 aromatic heterocycles. The van der Waals surface area contributed by atoms with E-state index in [4.69, 9.17) is 21.7 Å². The predicted molar refractivity (Wildman–Crippen MR) is 80.8 cm³/mol. The summed E-state index contributed by atoms with van der Waals surface area (Å²) in [4.78, 5) is 24.7. The highest BCUT2D eigenvalue weighted by molar-refractivity contribution is 7.80. The van der Waals surface area contributed by atoms with Crippen LogP contribution < -0.4 is 14.8 Å². The van der Waals surface area contributed by atoms with Crippen LogP contribution >= 0.6 is 12.2 Å². The third-order valence-corrected chi connectivity index (χ3v) is 3.23. The largest absolute Gasteiger partial charge is 0.497 e. The lowest BCUT2D eigenvalue weighted by Gasteiger charge is -2.13. The van der Waals surface area contributed by atoms with Crippen LogP contribution in [-0.4, -0.2) is 36.0 Å². The molecule has 2 amide bonds. The minimum atomic E-state index is -0.430. The van der Waals surface area contributed by atoms with E-state index in [1.165, 1.54) is 27.2 Å². The van der Waals surface area contributed by atoms with E-state index in [9.17, 15) is 9.59 Å². The molecule has 1 N–H and O–H groups in total. The van der Waals surface area contributed by atoms with Crippen LogP contribution in [-0.2, 0) is 9.59 Å². The van der Waals surface area contributed by atoms with E-state index in [0.717, 1.165) is 4.90 Å². The summed E-state index contributed by atoms with van der Waals surface area (Å²) < 4.78 is 10.4. The van der Waals surface area contributed by atoms with Crippen LogP contribution in [0.2, 0.25) is 0 Å². The number of thiocarbonyl (C=S) groups is 1. The van der Waals surface area contributed by atoms with Crippen molar-refractivity contribution in [1.29, 1.82) is 0 Å². The Morgan fingerprint density at radius 1 is 1.33 bits per heavy atom. The van der Waals surface area contributed by atoms with Gasteiger partial charge in [-0.2, -0.15) is 0 Å². The first-order chi connectivity index (χ1) is 9.97. The van der Waals surface area contributed by atoms with E-state index >= 15 is 0 Å². The SMILES string of the molecule is COc1ccc(OC)c(/C=C2/C(=O)NC(=S)N2C(C)=O)c1. The molecule has 1 saturated heterocycles. The Kier molecular flexibility index (Phi) is 4.23. The second kappa shape index (κ2) is 5.92. The number of hydrogen-bond acceptors (Lipinski definition) is 5. The fourth-order valence-electron chi connectivity index (χ4n) is 1.97. The lowest BCUT2D eigenvalue weighted by atomic mass is 10.1. The highest BCUT2D eigenvalue weighted by Gasteiger charge is 2.33. The van der Waals surface area contributed by atoms with Crippen LogP contribution in [0.4, 0.5) is 0 Å². The van der Waals surface area contributed by atoms with Gasteiger partial charge in [-0.3, -0.25) is 19.8 Å². The van der Waals surface area contributed by atoms with Crippen molar-refractivity contribution < 1.29 is 19.1 Å². The van der Waals surface area contributed by atoms with E-state index in [2.05, 4.69) is 5.32 Å². The molecule has 1 aromatic carbocycles. The highest BCUT2D eigenvalue weighted by Crippen LogP contribution is 2.28. The molecule has 0 spiro atoms. The first kappa shape index (κ1) is 15.0. The average molecular weight is 306 g/mol. The molecule has 1 aromatic rings. The van der Waals surface area contributed by atoms with Crippen LogP contribution in [0.3, 0.4) is 0 Å². The van der Waals surface area contributed by atoms with E-state index in [0.29, 0.717) is 17.1 Å². The van der Waals surface area contributed by atoms with Gasteiger partial charge in [0.1, 0.15) is 17.2 Å². The third kappa shape index (κ3) is 2.87. The van der Waals surface area contributed by atoms with Crippen LogP contribution in [0.5, 0.6) is 11.5 Å². The number of nitrogens with one attached hydrogen (secondary N) is 1. The summed E-state index contributed by atoms with van der Waals surface area (Å²) in [7, 11) is 3.06. The molecule has 6 nitrogen and oxygen atoms in total. The lowest BCUT2D eigenvalue weighted by molar-refractivity contribution is -0.125. The standard InChI is InChI=1S/C14H14N2O4S/c1-8(17)16-11(13(18)15-14(16)21)7-9-6-10(19-2)4-5-12(9)20-3/h4-7H,1-3H3,(H,15,18,21)/b11-7-. The first-order valence-corrected chi connectivity index (χ1v) is 6.48. The second-order valence-corrected chi connectivity index (χ2v) is 4.64. The van der Waals surface area contributed by atoms with Gasteiger partial charge in [-0.25, -0.2) is 0 Å². The number of carbonyl (C=O) groups is 2. The van der Waals surface area contributed by atoms with Gasteiger partial charge >= 0.3 is 0 Å².